The minimum Gasteiger partial charge on any atom is -0.481 e. The predicted octanol–water partition coefficient (Wildman–Crippen LogP) is 5.38. The average Bonchev–Trinajstić information content (AvgIpc) is 3.86. The van der Waals surface area contributed by atoms with Crippen molar-refractivity contribution in [3.63, 3.8) is 0 Å². The third kappa shape index (κ3) is 12.7. The van der Waals surface area contributed by atoms with E-state index in [9.17, 15) is 22.9 Å². The summed E-state index contributed by atoms with van der Waals surface area (Å²) in [6.45, 7) is 10.3. The van der Waals surface area contributed by atoms with Crippen molar-refractivity contribution in [2.75, 3.05) is 52.1 Å². The fourth-order valence-electron chi connectivity index (χ4n) is 5.62. The SMILES string of the molecule is CCOP(=O)(COc1ccc(C[C@H](NC(=O)O[C@H]2CO[C@H]3OCC[C@H]32)[C@H](O)CNC[C@@H](C)CC)cc1)OCC.CS(=O)(=O)c1ccc2ncsc2c1. The standard InChI is InChI=1S/C27H45N2O9P.C8H7NO2S2/c1-5-19(4)15-28-16-24(30)23(29-27(31)38-25-17-34-26-22(25)12-13-33-26)14-20-8-10-21(11-9-20)35-18-39(32,36-6-2)37-7-3;1-13(10,11)6-2-3-7-8(4-6)12-5-9-7/h8-11,19,22-26,28,30H,5-7,12-18H2,1-4H3,(H,29,31);2-5H,1H3/t19-,22-,23-,24+,25-,26+;/m0./s1. The molecule has 14 nitrogen and oxygen atoms in total. The van der Waals surface area contributed by atoms with Crippen LogP contribution in [0.1, 0.15) is 46.1 Å². The lowest BCUT2D eigenvalue weighted by Crippen LogP contribution is -2.50. The second-order valence-electron chi connectivity index (χ2n) is 12.8. The van der Waals surface area contributed by atoms with Gasteiger partial charge in [0.1, 0.15) is 11.9 Å². The monoisotopic (exact) mass is 785 g/mol. The molecule has 2 aromatic carbocycles. The molecule has 1 aromatic heterocycles. The Morgan fingerprint density at radius 1 is 1.10 bits per heavy atom. The number of aliphatic hydroxyl groups excluding tert-OH is 1. The summed E-state index contributed by atoms with van der Waals surface area (Å²) < 4.78 is 68.8. The number of rotatable bonds is 18. The van der Waals surface area contributed by atoms with Gasteiger partial charge in [0.25, 0.3) is 0 Å². The van der Waals surface area contributed by atoms with Crippen LogP contribution >= 0.6 is 18.9 Å². The summed E-state index contributed by atoms with van der Waals surface area (Å²) in [7, 11) is -6.42. The van der Waals surface area contributed by atoms with E-state index in [2.05, 4.69) is 29.5 Å². The maximum Gasteiger partial charge on any atom is 0.407 e. The number of thiazole rings is 1. The fraction of sp³-hybridized carbons (Fsp3) is 0.600. The zero-order valence-electron chi connectivity index (χ0n) is 30.4. The van der Waals surface area contributed by atoms with Gasteiger partial charge in [-0.15, -0.1) is 11.3 Å². The van der Waals surface area contributed by atoms with Gasteiger partial charge in [-0.05, 0) is 75.0 Å². The van der Waals surface area contributed by atoms with Crippen LogP contribution in [0.25, 0.3) is 10.2 Å². The first-order valence-electron chi connectivity index (χ1n) is 17.6. The van der Waals surface area contributed by atoms with Gasteiger partial charge in [0.15, 0.2) is 22.5 Å². The van der Waals surface area contributed by atoms with Crippen molar-refractivity contribution in [3.05, 3.63) is 53.5 Å². The lowest BCUT2D eigenvalue weighted by Gasteiger charge is -2.26. The van der Waals surface area contributed by atoms with Crippen LogP contribution in [0.3, 0.4) is 0 Å². The number of fused-ring (bicyclic) bond motifs is 2. The molecule has 290 valence electrons. The number of alkyl carbamates (subject to hydrolysis) is 1. The van der Waals surface area contributed by atoms with Gasteiger partial charge in [0.05, 0.1) is 65.1 Å². The number of benzene rings is 2. The van der Waals surface area contributed by atoms with Crippen LogP contribution in [0.5, 0.6) is 5.75 Å². The van der Waals surface area contributed by atoms with Gasteiger partial charge < -0.3 is 43.7 Å². The topological polar surface area (TPSA) is 181 Å². The van der Waals surface area contributed by atoms with Crippen LogP contribution in [0, 0.1) is 11.8 Å². The quantitative estimate of drug-likeness (QED) is 0.140. The summed E-state index contributed by atoms with van der Waals surface area (Å²) in [6.07, 6.45) is 1.07. The Morgan fingerprint density at radius 2 is 1.83 bits per heavy atom. The number of carbonyl (C=O) groups excluding carboxylic acids is 1. The van der Waals surface area contributed by atoms with Gasteiger partial charge >= 0.3 is 13.7 Å². The molecule has 17 heteroatoms. The minimum absolute atomic E-state index is 0.0321. The van der Waals surface area contributed by atoms with E-state index in [1.54, 1.807) is 49.7 Å². The molecule has 3 heterocycles. The molecule has 2 aliphatic rings. The number of nitrogens with zero attached hydrogens (tertiary/aromatic N) is 1. The molecule has 0 radical (unpaired) electrons. The molecule has 2 aliphatic heterocycles. The third-order valence-electron chi connectivity index (χ3n) is 8.71. The molecule has 3 aromatic rings. The highest BCUT2D eigenvalue weighted by Crippen LogP contribution is 2.47. The van der Waals surface area contributed by atoms with Crippen molar-refractivity contribution in [3.8, 4) is 5.75 Å². The van der Waals surface area contributed by atoms with E-state index in [4.69, 9.17) is 28.0 Å². The van der Waals surface area contributed by atoms with E-state index in [-0.39, 0.29) is 37.9 Å². The predicted molar refractivity (Wildman–Crippen MR) is 199 cm³/mol. The lowest BCUT2D eigenvalue weighted by atomic mass is 10.0. The summed E-state index contributed by atoms with van der Waals surface area (Å²) in [5.41, 5.74) is 3.42. The molecule has 0 saturated carbocycles. The molecule has 0 aliphatic carbocycles. The van der Waals surface area contributed by atoms with Crippen LogP contribution in [-0.2, 0) is 44.1 Å². The molecule has 0 bridgehead atoms. The first kappa shape index (κ1) is 42.1. The first-order valence-corrected chi connectivity index (χ1v) is 22.1. The van der Waals surface area contributed by atoms with Gasteiger partial charge in [-0.3, -0.25) is 4.57 Å². The summed E-state index contributed by atoms with van der Waals surface area (Å²) in [4.78, 5) is 17.2. The van der Waals surface area contributed by atoms with Crippen LogP contribution in [0.15, 0.2) is 52.9 Å². The van der Waals surface area contributed by atoms with E-state index >= 15 is 0 Å². The van der Waals surface area contributed by atoms with Crippen molar-refractivity contribution >= 4 is 45.1 Å². The Kier molecular flexibility index (Phi) is 16.3. The average molecular weight is 786 g/mol. The van der Waals surface area contributed by atoms with E-state index in [1.807, 2.05) is 12.1 Å². The number of hydrogen-bond acceptors (Lipinski definition) is 14. The second kappa shape index (κ2) is 20.1. The smallest absolute Gasteiger partial charge is 0.407 e. The number of ether oxygens (including phenoxy) is 4. The van der Waals surface area contributed by atoms with Gasteiger partial charge in [-0.1, -0.05) is 32.4 Å². The van der Waals surface area contributed by atoms with E-state index in [1.165, 1.54) is 17.6 Å². The normalized spacial score (nSPS) is 20.4. The zero-order chi connectivity index (χ0) is 37.7. The number of nitrogens with one attached hydrogen (secondary N) is 2. The van der Waals surface area contributed by atoms with E-state index in [0.29, 0.717) is 42.7 Å². The minimum atomic E-state index is -3.33. The molecule has 0 spiro atoms. The van der Waals surface area contributed by atoms with Crippen LogP contribution in [-0.4, -0.2) is 101 Å². The molecule has 0 unspecified atom stereocenters. The Bertz CT molecular complexity index is 1700. The second-order valence-corrected chi connectivity index (χ2v) is 17.7. The maximum atomic E-state index is 12.8. The number of aliphatic hydroxyl groups is 1. The molecule has 6 atom stereocenters. The van der Waals surface area contributed by atoms with Gasteiger partial charge in [0.2, 0.25) is 0 Å². The molecular weight excluding hydrogens is 734 g/mol. The van der Waals surface area contributed by atoms with Crippen molar-refractivity contribution in [2.45, 2.75) is 76.4 Å². The van der Waals surface area contributed by atoms with Crippen molar-refractivity contribution in [1.82, 2.24) is 15.6 Å². The maximum absolute atomic E-state index is 12.8. The summed E-state index contributed by atoms with van der Waals surface area (Å²) >= 11 is 1.44. The van der Waals surface area contributed by atoms with Crippen molar-refractivity contribution < 1.29 is 50.9 Å². The number of hydrogen-bond donors (Lipinski definition) is 3. The number of sulfone groups is 1. The Hall–Kier alpha value is -2.66. The van der Waals surface area contributed by atoms with E-state index in [0.717, 1.165) is 35.2 Å². The van der Waals surface area contributed by atoms with Crippen LogP contribution in [0.2, 0.25) is 0 Å². The molecule has 2 fully saturated rings. The zero-order valence-corrected chi connectivity index (χ0v) is 32.9. The van der Waals surface area contributed by atoms with E-state index < -0.39 is 35.7 Å². The largest absolute Gasteiger partial charge is 0.481 e. The number of aromatic nitrogens is 1. The van der Waals surface area contributed by atoms with Crippen molar-refractivity contribution in [1.29, 1.82) is 0 Å². The van der Waals surface area contributed by atoms with Crippen LogP contribution in [0.4, 0.5) is 4.79 Å². The Balaban J connectivity index is 0.000000386. The highest BCUT2D eigenvalue weighted by molar-refractivity contribution is 7.90. The van der Waals surface area contributed by atoms with Crippen LogP contribution < -0.4 is 15.4 Å². The Morgan fingerprint density at radius 3 is 2.50 bits per heavy atom. The summed E-state index contributed by atoms with van der Waals surface area (Å²) in [5, 5.41) is 17.1. The first-order chi connectivity index (χ1) is 24.8. The molecular formula is C35H52N3O11PS2. The van der Waals surface area contributed by atoms with Gasteiger partial charge in [0, 0.05) is 12.8 Å². The highest BCUT2D eigenvalue weighted by atomic mass is 32.2. The third-order valence-corrected chi connectivity index (χ3v) is 12.4. The molecule has 5 rings (SSSR count). The Labute approximate surface area is 310 Å². The number of carbonyl (C=O) groups is 1. The van der Waals surface area contributed by atoms with Gasteiger partial charge in [-0.2, -0.15) is 0 Å². The number of amides is 1. The van der Waals surface area contributed by atoms with Crippen molar-refractivity contribution in [2.24, 2.45) is 11.8 Å². The highest BCUT2D eigenvalue weighted by Gasteiger charge is 2.44. The summed E-state index contributed by atoms with van der Waals surface area (Å²) in [6, 6.07) is 11.5. The fourth-order valence-corrected chi connectivity index (χ4v) is 8.37. The summed E-state index contributed by atoms with van der Waals surface area (Å²) in [5.74, 6) is 1.02. The molecule has 52 heavy (non-hydrogen) atoms. The van der Waals surface area contributed by atoms with Gasteiger partial charge in [-0.25, -0.2) is 18.2 Å². The molecule has 3 N–H and O–H groups in total. The molecule has 2 saturated heterocycles. The lowest BCUT2D eigenvalue weighted by molar-refractivity contribution is -0.0907. The molecule has 1 amide bonds.